The van der Waals surface area contributed by atoms with Crippen molar-refractivity contribution in [1.29, 1.82) is 0 Å². The average Bonchev–Trinajstić information content (AvgIpc) is 3.31. The van der Waals surface area contributed by atoms with E-state index in [4.69, 9.17) is 9.57 Å². The fourth-order valence-corrected chi connectivity index (χ4v) is 4.27. The molecule has 6 nitrogen and oxygen atoms in total. The predicted molar refractivity (Wildman–Crippen MR) is 140 cm³/mol. The Labute approximate surface area is 210 Å². The summed E-state index contributed by atoms with van der Waals surface area (Å²) in [7, 11) is 0. The monoisotopic (exact) mass is 477 g/mol. The summed E-state index contributed by atoms with van der Waals surface area (Å²) in [5.74, 6) is 0.248. The topological polar surface area (TPSA) is 63.2 Å². The van der Waals surface area contributed by atoms with Gasteiger partial charge in [-0.25, -0.2) is 9.86 Å². The molecule has 5 rings (SSSR count). The van der Waals surface area contributed by atoms with E-state index in [-0.39, 0.29) is 12.6 Å². The van der Waals surface area contributed by atoms with Crippen LogP contribution < -0.4 is 5.32 Å². The van der Waals surface area contributed by atoms with Gasteiger partial charge in [-0.15, -0.1) is 0 Å². The Hall–Kier alpha value is -4.26. The van der Waals surface area contributed by atoms with Gasteiger partial charge in [0.1, 0.15) is 19.4 Å². The van der Waals surface area contributed by atoms with E-state index in [0.29, 0.717) is 18.1 Å². The number of carbonyl (C=O) groups excluding carboxylic acids is 1. The molecule has 180 valence electrons. The van der Waals surface area contributed by atoms with E-state index in [0.717, 1.165) is 16.7 Å². The number of amidine groups is 1. The SMILES string of the molecule is O=C(/N=C1/C(C(c2ccccc2)c2ccccc2)OCN1OCc1ccccc1)Nc1ccccc1. The Morgan fingerprint density at radius 1 is 0.833 bits per heavy atom. The molecule has 0 aromatic heterocycles. The number of benzene rings is 4. The first kappa shape index (κ1) is 23.5. The smallest absolute Gasteiger partial charge is 0.347 e. The standard InChI is InChI=1S/C30H27N3O3/c34-30(31-26-19-11-4-12-20-26)32-29-28(35-22-33(29)36-21-23-13-5-1-6-14-23)27(24-15-7-2-8-16-24)25-17-9-3-10-18-25/h1-20,27-28H,21-22H2,(H,31,34)/b32-29-. The number of rotatable bonds is 7. The largest absolute Gasteiger partial charge is 0.347 e. The lowest BCUT2D eigenvalue weighted by atomic mass is 9.86. The van der Waals surface area contributed by atoms with Crippen LogP contribution in [-0.4, -0.2) is 29.8 Å². The third-order valence-electron chi connectivity index (χ3n) is 5.97. The van der Waals surface area contributed by atoms with Gasteiger partial charge in [0, 0.05) is 11.6 Å². The van der Waals surface area contributed by atoms with E-state index in [2.05, 4.69) is 34.6 Å². The Morgan fingerprint density at radius 3 is 1.94 bits per heavy atom. The Balaban J connectivity index is 1.48. The number of ether oxygens (including phenoxy) is 1. The molecule has 1 saturated heterocycles. The van der Waals surface area contributed by atoms with Gasteiger partial charge in [0.25, 0.3) is 0 Å². The van der Waals surface area contributed by atoms with Crippen LogP contribution in [0.3, 0.4) is 0 Å². The Bertz CT molecular complexity index is 1240. The first-order valence-electron chi connectivity index (χ1n) is 11.9. The minimum absolute atomic E-state index is 0.158. The number of amides is 2. The molecule has 6 heteroatoms. The van der Waals surface area contributed by atoms with Gasteiger partial charge in [-0.05, 0) is 28.8 Å². The maximum absolute atomic E-state index is 13.0. The van der Waals surface area contributed by atoms with Crippen LogP contribution >= 0.6 is 0 Å². The Kier molecular flexibility index (Phi) is 7.46. The van der Waals surface area contributed by atoms with Gasteiger partial charge in [-0.2, -0.15) is 4.99 Å². The maximum Gasteiger partial charge on any atom is 0.347 e. The second kappa shape index (κ2) is 11.4. The average molecular weight is 478 g/mol. The van der Waals surface area contributed by atoms with Crippen molar-refractivity contribution < 1.29 is 14.4 Å². The van der Waals surface area contributed by atoms with Crippen molar-refractivity contribution in [2.45, 2.75) is 18.6 Å². The van der Waals surface area contributed by atoms with Crippen molar-refractivity contribution in [2.75, 3.05) is 12.0 Å². The number of hydroxylamine groups is 2. The molecule has 1 aliphatic heterocycles. The van der Waals surface area contributed by atoms with Crippen LogP contribution in [0.25, 0.3) is 0 Å². The van der Waals surface area contributed by atoms with E-state index < -0.39 is 12.1 Å². The molecule has 1 heterocycles. The molecule has 2 amide bonds. The lowest BCUT2D eigenvalue weighted by Gasteiger charge is -2.25. The van der Waals surface area contributed by atoms with E-state index in [9.17, 15) is 4.79 Å². The minimum atomic E-state index is -0.521. The normalized spacial score (nSPS) is 16.4. The van der Waals surface area contributed by atoms with Crippen molar-refractivity contribution in [1.82, 2.24) is 5.06 Å². The van der Waals surface area contributed by atoms with Crippen LogP contribution in [0.1, 0.15) is 22.6 Å². The first-order valence-corrected chi connectivity index (χ1v) is 11.9. The number of hydrogen-bond donors (Lipinski definition) is 1. The van der Waals surface area contributed by atoms with E-state index in [1.54, 1.807) is 5.06 Å². The zero-order valence-electron chi connectivity index (χ0n) is 19.7. The molecule has 0 bridgehead atoms. The maximum atomic E-state index is 13.0. The molecule has 0 spiro atoms. The highest BCUT2D eigenvalue weighted by Crippen LogP contribution is 2.34. The minimum Gasteiger partial charge on any atom is -0.347 e. The van der Waals surface area contributed by atoms with E-state index in [1.807, 2.05) is 97.1 Å². The van der Waals surface area contributed by atoms with Gasteiger partial charge in [0.15, 0.2) is 5.84 Å². The molecule has 0 saturated carbocycles. The van der Waals surface area contributed by atoms with Crippen LogP contribution in [0.15, 0.2) is 126 Å². The molecule has 1 unspecified atom stereocenters. The molecular formula is C30H27N3O3. The number of para-hydroxylation sites is 1. The lowest BCUT2D eigenvalue weighted by Crippen LogP contribution is -2.35. The summed E-state index contributed by atoms with van der Waals surface area (Å²) in [4.78, 5) is 23.6. The summed E-state index contributed by atoms with van der Waals surface area (Å²) >= 11 is 0. The molecule has 0 radical (unpaired) electrons. The van der Waals surface area contributed by atoms with Crippen molar-refractivity contribution in [2.24, 2.45) is 4.99 Å². The van der Waals surface area contributed by atoms with Crippen molar-refractivity contribution in [3.05, 3.63) is 138 Å². The fourth-order valence-electron chi connectivity index (χ4n) is 4.27. The number of urea groups is 1. The van der Waals surface area contributed by atoms with Gasteiger partial charge < -0.3 is 10.1 Å². The molecule has 1 atom stereocenters. The number of hydrogen-bond acceptors (Lipinski definition) is 3. The zero-order valence-corrected chi connectivity index (χ0v) is 19.7. The fraction of sp³-hybridized carbons (Fsp3) is 0.133. The number of nitrogens with one attached hydrogen (secondary N) is 1. The lowest BCUT2D eigenvalue weighted by molar-refractivity contribution is -0.139. The molecule has 4 aromatic rings. The van der Waals surface area contributed by atoms with Gasteiger partial charge in [-0.3, -0.25) is 4.84 Å². The van der Waals surface area contributed by atoms with E-state index >= 15 is 0 Å². The van der Waals surface area contributed by atoms with Crippen LogP contribution in [0, 0.1) is 0 Å². The third-order valence-corrected chi connectivity index (χ3v) is 5.97. The van der Waals surface area contributed by atoms with Gasteiger partial charge >= 0.3 is 6.03 Å². The molecule has 36 heavy (non-hydrogen) atoms. The summed E-state index contributed by atoms with van der Waals surface area (Å²) < 4.78 is 6.28. The van der Waals surface area contributed by atoms with E-state index in [1.165, 1.54) is 0 Å². The number of nitrogens with zero attached hydrogens (tertiary/aromatic N) is 2. The molecule has 1 N–H and O–H groups in total. The Morgan fingerprint density at radius 2 is 1.36 bits per heavy atom. The summed E-state index contributed by atoms with van der Waals surface area (Å²) in [6.07, 6.45) is -0.521. The van der Waals surface area contributed by atoms with Gasteiger partial charge in [0.2, 0.25) is 0 Å². The van der Waals surface area contributed by atoms with Crippen molar-refractivity contribution in [3.63, 3.8) is 0 Å². The van der Waals surface area contributed by atoms with Gasteiger partial charge in [0.05, 0.1) is 0 Å². The summed E-state index contributed by atoms with van der Waals surface area (Å²) in [5.41, 5.74) is 3.81. The van der Waals surface area contributed by atoms with Crippen LogP contribution in [-0.2, 0) is 16.2 Å². The first-order chi connectivity index (χ1) is 17.8. The second-order valence-electron chi connectivity index (χ2n) is 8.42. The van der Waals surface area contributed by atoms with Crippen molar-refractivity contribution >= 4 is 17.6 Å². The van der Waals surface area contributed by atoms with Crippen molar-refractivity contribution in [3.8, 4) is 0 Å². The third kappa shape index (κ3) is 5.68. The summed E-state index contributed by atoms with van der Waals surface area (Å²) in [5, 5.41) is 4.42. The zero-order chi connectivity index (χ0) is 24.6. The summed E-state index contributed by atoms with van der Waals surface area (Å²) in [6, 6.07) is 38.9. The molecule has 1 fully saturated rings. The van der Waals surface area contributed by atoms with Crippen LogP contribution in [0.5, 0.6) is 0 Å². The predicted octanol–water partition coefficient (Wildman–Crippen LogP) is 6.24. The number of carbonyl (C=O) groups is 1. The highest BCUT2D eigenvalue weighted by atomic mass is 16.7. The highest BCUT2D eigenvalue weighted by molar-refractivity contribution is 6.02. The molecule has 4 aromatic carbocycles. The number of aliphatic imine (C=N–C) groups is 1. The molecule has 0 aliphatic carbocycles. The second-order valence-corrected chi connectivity index (χ2v) is 8.42. The molecular weight excluding hydrogens is 450 g/mol. The van der Waals surface area contributed by atoms with Crippen LogP contribution in [0.4, 0.5) is 10.5 Å². The summed E-state index contributed by atoms with van der Waals surface area (Å²) in [6.45, 7) is 0.489. The number of anilines is 1. The van der Waals surface area contributed by atoms with Crippen LogP contribution in [0.2, 0.25) is 0 Å². The highest BCUT2D eigenvalue weighted by Gasteiger charge is 2.39. The quantitative estimate of drug-likeness (QED) is 0.342. The molecule has 1 aliphatic rings. The van der Waals surface area contributed by atoms with Gasteiger partial charge in [-0.1, -0.05) is 109 Å².